The Labute approximate surface area is 107 Å². The molecular formula is C14H20O4. The van der Waals surface area contributed by atoms with Gasteiger partial charge in [-0.3, -0.25) is 4.79 Å². The fourth-order valence-corrected chi connectivity index (χ4v) is 2.35. The van der Waals surface area contributed by atoms with Gasteiger partial charge in [-0.2, -0.15) is 0 Å². The van der Waals surface area contributed by atoms with Crippen LogP contribution in [0.1, 0.15) is 51.2 Å². The van der Waals surface area contributed by atoms with Crippen LogP contribution in [-0.4, -0.2) is 17.2 Å². The van der Waals surface area contributed by atoms with Gasteiger partial charge in [-0.25, -0.2) is 0 Å². The van der Waals surface area contributed by atoms with Crippen LogP contribution in [0.2, 0.25) is 0 Å². The first-order chi connectivity index (χ1) is 8.56. The maximum absolute atomic E-state index is 11.0. The molecule has 100 valence electrons. The fourth-order valence-electron chi connectivity index (χ4n) is 2.35. The molecule has 0 radical (unpaired) electrons. The van der Waals surface area contributed by atoms with E-state index < -0.39 is 5.97 Å². The Morgan fingerprint density at radius 1 is 1.44 bits per heavy atom. The highest BCUT2D eigenvalue weighted by Gasteiger charge is 2.28. The van der Waals surface area contributed by atoms with E-state index in [1.165, 1.54) is 0 Å². The smallest absolute Gasteiger partial charge is 0.306 e. The molecule has 0 aromatic carbocycles. The van der Waals surface area contributed by atoms with Crippen molar-refractivity contribution in [1.29, 1.82) is 0 Å². The lowest BCUT2D eigenvalue weighted by Gasteiger charge is -2.26. The molecule has 1 fully saturated rings. The Morgan fingerprint density at radius 2 is 2.22 bits per heavy atom. The summed E-state index contributed by atoms with van der Waals surface area (Å²) in [6.07, 6.45) is 3.10. The van der Waals surface area contributed by atoms with Crippen LogP contribution in [0.25, 0.3) is 0 Å². The molecule has 4 heteroatoms. The van der Waals surface area contributed by atoms with Crippen molar-refractivity contribution in [3.63, 3.8) is 0 Å². The van der Waals surface area contributed by atoms with Gasteiger partial charge in [0.25, 0.3) is 5.95 Å². The Balaban J connectivity index is 1.94. The Hall–Kier alpha value is -1.45. The minimum absolute atomic E-state index is 0.0361. The molecule has 1 heterocycles. The lowest BCUT2D eigenvalue weighted by Crippen LogP contribution is -2.29. The van der Waals surface area contributed by atoms with E-state index in [0.717, 1.165) is 25.0 Å². The maximum Gasteiger partial charge on any atom is 0.306 e. The zero-order valence-corrected chi connectivity index (χ0v) is 10.9. The van der Waals surface area contributed by atoms with Crippen molar-refractivity contribution in [3.05, 3.63) is 17.9 Å². The summed E-state index contributed by atoms with van der Waals surface area (Å²) in [6, 6.07) is 3.73. The second kappa shape index (κ2) is 5.46. The monoisotopic (exact) mass is 252 g/mol. The van der Waals surface area contributed by atoms with Gasteiger partial charge in [0.15, 0.2) is 0 Å². The molecule has 1 N–H and O–H groups in total. The molecule has 18 heavy (non-hydrogen) atoms. The molecule has 0 bridgehead atoms. The molecule has 0 aliphatic heterocycles. The number of hydrogen-bond donors (Lipinski definition) is 1. The molecule has 1 aromatic rings. The van der Waals surface area contributed by atoms with E-state index in [1.807, 2.05) is 12.1 Å². The van der Waals surface area contributed by atoms with E-state index in [0.29, 0.717) is 18.3 Å². The molecule has 0 amide bonds. The molecule has 1 aliphatic carbocycles. The van der Waals surface area contributed by atoms with Crippen molar-refractivity contribution < 1.29 is 19.1 Å². The third-order valence-electron chi connectivity index (χ3n) is 3.43. The van der Waals surface area contributed by atoms with Gasteiger partial charge in [-0.05, 0) is 31.7 Å². The van der Waals surface area contributed by atoms with Gasteiger partial charge < -0.3 is 14.3 Å². The third kappa shape index (κ3) is 3.06. The molecule has 2 atom stereocenters. The Morgan fingerprint density at radius 3 is 2.83 bits per heavy atom. The highest BCUT2D eigenvalue weighted by atomic mass is 16.6. The van der Waals surface area contributed by atoms with Crippen LogP contribution in [-0.2, 0) is 4.79 Å². The molecular weight excluding hydrogens is 232 g/mol. The molecule has 1 aliphatic rings. The van der Waals surface area contributed by atoms with Crippen LogP contribution in [0.5, 0.6) is 5.95 Å². The van der Waals surface area contributed by atoms with Crippen molar-refractivity contribution in [3.8, 4) is 5.95 Å². The first kappa shape index (κ1) is 13.0. The van der Waals surface area contributed by atoms with Crippen LogP contribution in [0.3, 0.4) is 0 Å². The lowest BCUT2D eigenvalue weighted by molar-refractivity contribution is -0.144. The summed E-state index contributed by atoms with van der Waals surface area (Å²) in [5, 5.41) is 9.02. The van der Waals surface area contributed by atoms with E-state index in [4.69, 9.17) is 14.3 Å². The van der Waals surface area contributed by atoms with Crippen LogP contribution in [0, 0.1) is 5.92 Å². The van der Waals surface area contributed by atoms with E-state index >= 15 is 0 Å². The quantitative estimate of drug-likeness (QED) is 0.891. The number of ether oxygens (including phenoxy) is 1. The Bertz CT molecular complexity index is 408. The van der Waals surface area contributed by atoms with Gasteiger partial charge in [0.1, 0.15) is 11.9 Å². The first-order valence-corrected chi connectivity index (χ1v) is 6.55. The number of carbonyl (C=O) groups is 1. The van der Waals surface area contributed by atoms with Gasteiger partial charge >= 0.3 is 5.97 Å². The third-order valence-corrected chi connectivity index (χ3v) is 3.43. The summed E-state index contributed by atoms with van der Waals surface area (Å²) >= 11 is 0. The molecule has 4 nitrogen and oxygen atoms in total. The van der Waals surface area contributed by atoms with E-state index in [-0.39, 0.29) is 12.0 Å². The number of furan rings is 1. The maximum atomic E-state index is 11.0. The topological polar surface area (TPSA) is 59.7 Å². The summed E-state index contributed by atoms with van der Waals surface area (Å²) in [4.78, 5) is 11.0. The average molecular weight is 252 g/mol. The first-order valence-electron chi connectivity index (χ1n) is 6.55. The summed E-state index contributed by atoms with van der Waals surface area (Å²) in [7, 11) is 0. The fraction of sp³-hybridized carbons (Fsp3) is 0.643. The molecule has 1 saturated carbocycles. The van der Waals surface area contributed by atoms with Gasteiger partial charge in [-0.15, -0.1) is 0 Å². The Kier molecular flexibility index (Phi) is 3.94. The van der Waals surface area contributed by atoms with Crippen LogP contribution in [0.15, 0.2) is 16.5 Å². The minimum Gasteiger partial charge on any atom is -0.481 e. The summed E-state index contributed by atoms with van der Waals surface area (Å²) < 4.78 is 11.3. The largest absolute Gasteiger partial charge is 0.481 e. The van der Waals surface area contributed by atoms with Gasteiger partial charge in [0.05, 0.1) is 5.92 Å². The highest BCUT2D eigenvalue weighted by molar-refractivity contribution is 5.70. The van der Waals surface area contributed by atoms with E-state index in [1.54, 1.807) is 0 Å². The predicted octanol–water partition coefficient (Wildman–Crippen LogP) is 3.43. The number of carboxylic acid groups (broad SMARTS) is 1. The highest BCUT2D eigenvalue weighted by Crippen LogP contribution is 2.30. The molecule has 0 saturated heterocycles. The number of rotatable bonds is 4. The summed E-state index contributed by atoms with van der Waals surface area (Å²) in [5.74, 6) is 0.750. The zero-order valence-electron chi connectivity index (χ0n) is 10.9. The van der Waals surface area contributed by atoms with Crippen molar-refractivity contribution in [1.82, 2.24) is 0 Å². The van der Waals surface area contributed by atoms with Gasteiger partial charge in [0.2, 0.25) is 0 Å². The summed E-state index contributed by atoms with van der Waals surface area (Å²) in [5.41, 5.74) is 0. The molecule has 1 aromatic heterocycles. The minimum atomic E-state index is -0.717. The van der Waals surface area contributed by atoms with Crippen molar-refractivity contribution >= 4 is 5.97 Å². The zero-order chi connectivity index (χ0) is 13.1. The van der Waals surface area contributed by atoms with Gasteiger partial charge in [-0.1, -0.05) is 13.8 Å². The average Bonchev–Trinajstić information content (AvgIpc) is 2.78. The standard InChI is InChI=1S/C14H20O4/c1-9(2)12-6-7-13(18-12)17-11-5-3-4-10(8-11)14(15)16/h6-7,9-11H,3-5,8H2,1-2H3,(H,15,16)/t10-,11-/m0/s1. The van der Waals surface area contributed by atoms with Crippen LogP contribution in [0.4, 0.5) is 0 Å². The molecule has 0 unspecified atom stereocenters. The normalized spacial score (nSPS) is 24.2. The van der Waals surface area contributed by atoms with Crippen LogP contribution < -0.4 is 4.74 Å². The number of hydrogen-bond acceptors (Lipinski definition) is 3. The van der Waals surface area contributed by atoms with Gasteiger partial charge in [0, 0.05) is 12.0 Å². The van der Waals surface area contributed by atoms with Crippen LogP contribution >= 0.6 is 0 Å². The molecule has 0 spiro atoms. The predicted molar refractivity (Wildman–Crippen MR) is 66.8 cm³/mol. The molecule has 2 rings (SSSR count). The summed E-state index contributed by atoms with van der Waals surface area (Å²) in [6.45, 7) is 4.12. The number of aliphatic carboxylic acids is 1. The van der Waals surface area contributed by atoms with Crippen molar-refractivity contribution in [2.75, 3.05) is 0 Å². The van der Waals surface area contributed by atoms with E-state index in [9.17, 15) is 4.79 Å². The lowest BCUT2D eigenvalue weighted by atomic mass is 9.87. The van der Waals surface area contributed by atoms with E-state index in [2.05, 4.69) is 13.8 Å². The number of carboxylic acids is 1. The van der Waals surface area contributed by atoms with Crippen molar-refractivity contribution in [2.45, 2.75) is 51.6 Å². The SMILES string of the molecule is CC(C)c1ccc(O[C@H]2CCC[C@H](C(=O)O)C2)o1. The second-order valence-electron chi connectivity index (χ2n) is 5.25. The van der Waals surface area contributed by atoms with Crippen molar-refractivity contribution in [2.24, 2.45) is 5.92 Å². The second-order valence-corrected chi connectivity index (χ2v) is 5.25.